The summed E-state index contributed by atoms with van der Waals surface area (Å²) in [5.74, 6) is 1.97. The van der Waals surface area contributed by atoms with Gasteiger partial charge in [-0.25, -0.2) is 21.8 Å². The van der Waals surface area contributed by atoms with E-state index in [1.54, 1.807) is 94.1 Å². The second-order valence-electron chi connectivity index (χ2n) is 15.0. The average Bonchev–Trinajstić information content (AvgIpc) is 3.68. The lowest BCUT2D eigenvalue weighted by atomic mass is 10.1. The number of rotatable bonds is 25. The van der Waals surface area contributed by atoms with Crippen molar-refractivity contribution < 1.29 is 68.5 Å². The number of amides is 1. The van der Waals surface area contributed by atoms with Gasteiger partial charge in [0.2, 0.25) is 5.91 Å². The van der Waals surface area contributed by atoms with Crippen LogP contribution in [-0.2, 0) is 60.1 Å². The first-order valence-corrected chi connectivity index (χ1v) is 27.4. The van der Waals surface area contributed by atoms with E-state index >= 15 is 0 Å². The van der Waals surface area contributed by atoms with Crippen LogP contribution in [0.2, 0.25) is 0 Å². The minimum atomic E-state index is -3.34. The summed E-state index contributed by atoms with van der Waals surface area (Å²) >= 11 is 1.21. The van der Waals surface area contributed by atoms with Crippen LogP contribution in [0.25, 0.3) is 0 Å². The van der Waals surface area contributed by atoms with Gasteiger partial charge in [-0.1, -0.05) is 6.58 Å². The minimum absolute atomic E-state index is 0.00591. The second-order valence-corrected chi connectivity index (χ2v) is 22.0. The Labute approximate surface area is 402 Å². The molecule has 1 N–H and O–H groups in total. The van der Waals surface area contributed by atoms with Gasteiger partial charge in [-0.3, -0.25) is 14.2 Å². The fourth-order valence-corrected chi connectivity index (χ4v) is 9.82. The monoisotopic (exact) mass is 1020 g/mol. The van der Waals surface area contributed by atoms with Crippen LogP contribution in [0.3, 0.4) is 0 Å². The molecule has 0 fully saturated rings. The number of anilines is 1. The molecule has 0 saturated heterocycles. The van der Waals surface area contributed by atoms with Crippen molar-refractivity contribution in [3.05, 3.63) is 120 Å². The number of ketones is 1. The first kappa shape index (κ1) is 55.2. The number of hydrogen-bond acceptors (Lipinski definition) is 17. The minimum Gasteiger partial charge on any atom is -0.488 e. The number of nitrogens with one attached hydrogen (secondary N) is 1. The highest BCUT2D eigenvalue weighted by molar-refractivity contribution is 7.91. The summed E-state index contributed by atoms with van der Waals surface area (Å²) < 4.78 is 104. The second kappa shape index (κ2) is 25.8. The van der Waals surface area contributed by atoms with Gasteiger partial charge >= 0.3 is 7.60 Å². The molecule has 0 aliphatic rings. The molecule has 368 valence electrons. The van der Waals surface area contributed by atoms with Crippen LogP contribution >= 0.6 is 18.9 Å². The summed E-state index contributed by atoms with van der Waals surface area (Å²) in [6.07, 6.45) is 3.00. The summed E-state index contributed by atoms with van der Waals surface area (Å²) in [5.41, 5.74) is 1.48. The van der Waals surface area contributed by atoms with E-state index in [1.165, 1.54) is 41.7 Å². The van der Waals surface area contributed by atoms with Crippen LogP contribution in [0.15, 0.2) is 113 Å². The number of thiazole rings is 1. The molecular weight excluding hydrogens is 960 g/mol. The molecule has 5 aromatic rings. The summed E-state index contributed by atoms with van der Waals surface area (Å²) in [5, 5.41) is 4.83. The molecule has 1 amide bonds. The number of benzene rings is 4. The van der Waals surface area contributed by atoms with Gasteiger partial charge in [0.1, 0.15) is 46.7 Å². The predicted octanol–water partition coefficient (Wildman–Crippen LogP) is 9.36. The largest absolute Gasteiger partial charge is 0.488 e. The number of carbonyl (C=O) groups is 2. The summed E-state index contributed by atoms with van der Waals surface area (Å²) in [6.45, 7) is 11.9. The Morgan fingerprint density at radius 1 is 0.721 bits per heavy atom. The number of allylic oxidation sites excluding steroid dienone is 1. The lowest BCUT2D eigenvalue weighted by Crippen LogP contribution is -2.18. The number of hydrogen-bond donors (Lipinski definition) is 1. The third-order valence-corrected chi connectivity index (χ3v) is 14.0. The average molecular weight is 1020 g/mol. The molecule has 0 bridgehead atoms. The van der Waals surface area contributed by atoms with Crippen molar-refractivity contribution in [3.63, 3.8) is 0 Å². The van der Waals surface area contributed by atoms with Crippen molar-refractivity contribution in [1.29, 1.82) is 0 Å². The molecule has 0 unspecified atom stereocenters. The van der Waals surface area contributed by atoms with Crippen molar-refractivity contribution in [2.75, 3.05) is 58.5 Å². The van der Waals surface area contributed by atoms with E-state index in [0.717, 1.165) is 12.5 Å². The lowest BCUT2D eigenvalue weighted by Gasteiger charge is -2.16. The summed E-state index contributed by atoms with van der Waals surface area (Å²) in [6, 6.07) is 22.0. The van der Waals surface area contributed by atoms with Crippen LogP contribution in [0.4, 0.5) is 5.13 Å². The molecule has 0 saturated carbocycles. The number of nitrogens with zero attached hydrogens (tertiary/aromatic N) is 1. The number of carbonyl (C=O) groups excluding carboxylic acids is 2. The molecule has 5 rings (SSSR count). The van der Waals surface area contributed by atoms with E-state index < -0.39 is 27.3 Å². The van der Waals surface area contributed by atoms with Gasteiger partial charge in [0.05, 0.1) is 54.5 Å². The molecule has 1 aromatic heterocycles. The van der Waals surface area contributed by atoms with Crippen LogP contribution < -0.4 is 24.3 Å². The van der Waals surface area contributed by atoms with Gasteiger partial charge in [0.25, 0.3) is 0 Å². The molecule has 4 aromatic carbocycles. The molecule has 0 radical (unpaired) electrons. The quantitative estimate of drug-likeness (QED) is 0.0327. The van der Waals surface area contributed by atoms with Gasteiger partial charge in [-0.05, 0) is 112 Å². The highest BCUT2D eigenvalue weighted by atomic mass is 32.2. The van der Waals surface area contributed by atoms with Crippen molar-refractivity contribution in [2.45, 2.75) is 62.3 Å². The van der Waals surface area contributed by atoms with Gasteiger partial charge in [-0.2, -0.15) is 0 Å². The van der Waals surface area contributed by atoms with Crippen molar-refractivity contribution in [2.24, 2.45) is 0 Å². The van der Waals surface area contributed by atoms with Crippen LogP contribution in [-0.4, -0.2) is 98.9 Å². The lowest BCUT2D eigenvalue weighted by molar-refractivity contribution is -0.115. The molecule has 17 nitrogen and oxygen atoms in total. The third-order valence-electron chi connectivity index (χ3n) is 8.91. The molecule has 21 heteroatoms. The van der Waals surface area contributed by atoms with E-state index in [4.69, 9.17) is 37.5 Å². The Kier molecular flexibility index (Phi) is 20.9. The molecule has 0 aliphatic carbocycles. The fourth-order valence-electron chi connectivity index (χ4n) is 6.11. The SMILES string of the molecule is C=CC(=O)c1cc(Oc2ccc(S(C)(=O)=O)cc2)cc(O[C@@H](C)COC)c1.CCOP(=O)(Cc1csc(NC(=O)Cc2cc(Oc3ccc(S(C)(=O)=O)cc3)cc(O[C@@H](C)COC)c2)n1)OCC. The number of ether oxygens (including phenoxy) is 6. The van der Waals surface area contributed by atoms with Crippen LogP contribution in [0.5, 0.6) is 34.5 Å². The molecule has 2 atom stereocenters. The highest BCUT2D eigenvalue weighted by Crippen LogP contribution is 2.51. The van der Waals surface area contributed by atoms with Gasteiger partial charge in [-0.15, -0.1) is 11.3 Å². The number of aromatic nitrogens is 1. The van der Waals surface area contributed by atoms with E-state index in [1.807, 2.05) is 13.8 Å². The smallest absolute Gasteiger partial charge is 0.336 e. The van der Waals surface area contributed by atoms with Crippen LogP contribution in [0, 0.1) is 0 Å². The first-order chi connectivity index (χ1) is 32.1. The molecule has 0 spiro atoms. The van der Waals surface area contributed by atoms with Gasteiger partial charge in [0.15, 0.2) is 30.6 Å². The molecule has 68 heavy (non-hydrogen) atoms. The zero-order valence-electron chi connectivity index (χ0n) is 39.1. The van der Waals surface area contributed by atoms with Gasteiger partial charge in [0, 0.05) is 49.8 Å². The fraction of sp³-hybridized carbons (Fsp3) is 0.340. The Hall–Kier alpha value is -5.44. The van der Waals surface area contributed by atoms with E-state index in [9.17, 15) is 31.0 Å². The Morgan fingerprint density at radius 2 is 1.18 bits per heavy atom. The zero-order valence-corrected chi connectivity index (χ0v) is 42.4. The maximum absolute atomic E-state index is 12.9. The van der Waals surface area contributed by atoms with Crippen molar-refractivity contribution in [3.8, 4) is 34.5 Å². The molecule has 1 heterocycles. The van der Waals surface area contributed by atoms with Crippen molar-refractivity contribution >= 4 is 55.4 Å². The molecular formula is C47H57N2O15PS3. The summed E-state index contributed by atoms with van der Waals surface area (Å²) in [7, 11) is -6.79. The molecule has 0 aliphatic heterocycles. The Bertz CT molecular complexity index is 2740. The normalized spacial score (nSPS) is 12.5. The summed E-state index contributed by atoms with van der Waals surface area (Å²) in [4.78, 5) is 29.7. The Morgan fingerprint density at radius 3 is 1.63 bits per heavy atom. The Balaban J connectivity index is 0.000000323. The first-order valence-electron chi connectivity index (χ1n) is 21.0. The van der Waals surface area contributed by atoms with Gasteiger partial charge < -0.3 is 42.8 Å². The third kappa shape index (κ3) is 18.2. The number of methoxy groups -OCH3 is 2. The maximum Gasteiger partial charge on any atom is 0.336 e. The predicted molar refractivity (Wildman–Crippen MR) is 260 cm³/mol. The maximum atomic E-state index is 12.9. The highest BCUT2D eigenvalue weighted by Gasteiger charge is 2.26. The van der Waals surface area contributed by atoms with E-state index in [0.29, 0.717) is 69.7 Å². The topological polar surface area (TPSA) is 218 Å². The van der Waals surface area contributed by atoms with Crippen molar-refractivity contribution in [1.82, 2.24) is 4.98 Å². The zero-order chi connectivity index (χ0) is 50.1. The van der Waals surface area contributed by atoms with Crippen LogP contribution in [0.1, 0.15) is 49.3 Å². The van der Waals surface area contributed by atoms with E-state index in [2.05, 4.69) is 16.9 Å². The number of sulfone groups is 2. The van der Waals surface area contributed by atoms with E-state index in [-0.39, 0.29) is 59.5 Å². The standard InChI is InChI=1S/C27H35N2O9PS2.C20H22O6S/c1-6-35-39(31,36-7-2)17-21-18-40-27(28-21)29-26(30)14-20-12-23(37-19(3)16-34-4)15-24(13-20)38-22-8-10-25(11-9-22)41(5,32)33;1-5-20(21)15-10-17(25-14(2)13-24-3)12-18(11-15)26-16-6-8-19(9-7-16)27(4,22)23/h8-13,15,18-19H,6-7,14,16-17H2,1-5H3,(H,28,29,30);5-12,14H,1,13H2,2-4H3/t19-;14-/m00/s1.